The first-order chi connectivity index (χ1) is 10.2. The normalized spacial score (nSPS) is 25.6. The fourth-order valence-corrected chi connectivity index (χ4v) is 4.05. The number of aromatic nitrogens is 2. The van der Waals surface area contributed by atoms with E-state index in [0.717, 1.165) is 42.4 Å². The summed E-state index contributed by atoms with van der Waals surface area (Å²) in [6.45, 7) is 9.51. The average molecular weight is 288 g/mol. The number of fused-ring (bicyclic) bond motifs is 1. The molecule has 1 aliphatic heterocycles. The van der Waals surface area contributed by atoms with Gasteiger partial charge in [0.15, 0.2) is 0 Å². The standard InChI is InChI=1S/C17H28N4/c1-4-18-16-12(2)17(20-13(3)19-16)21-10-9-14-7-5-6-8-15(14)11-21/h14-15H,4-11H2,1-3H3,(H,18,19,20). The Kier molecular flexibility index (Phi) is 4.32. The molecule has 1 aromatic rings. The number of hydrogen-bond acceptors (Lipinski definition) is 4. The monoisotopic (exact) mass is 288 g/mol. The highest BCUT2D eigenvalue weighted by Gasteiger charge is 2.32. The van der Waals surface area contributed by atoms with Crippen LogP contribution >= 0.6 is 0 Å². The highest BCUT2D eigenvalue weighted by atomic mass is 15.2. The van der Waals surface area contributed by atoms with Crippen LogP contribution < -0.4 is 10.2 Å². The predicted octanol–water partition coefficient (Wildman–Crippen LogP) is 3.54. The van der Waals surface area contributed by atoms with Gasteiger partial charge in [0.25, 0.3) is 0 Å². The Morgan fingerprint density at radius 2 is 1.86 bits per heavy atom. The minimum Gasteiger partial charge on any atom is -0.370 e. The molecule has 0 radical (unpaired) electrons. The van der Waals surface area contributed by atoms with Crippen LogP contribution in [0.4, 0.5) is 11.6 Å². The number of nitrogens with one attached hydrogen (secondary N) is 1. The lowest BCUT2D eigenvalue weighted by molar-refractivity contribution is 0.202. The molecule has 1 aromatic heterocycles. The van der Waals surface area contributed by atoms with Crippen molar-refractivity contribution < 1.29 is 0 Å². The lowest BCUT2D eigenvalue weighted by Gasteiger charge is -2.42. The average Bonchev–Trinajstić information content (AvgIpc) is 2.50. The van der Waals surface area contributed by atoms with Crippen LogP contribution in [-0.4, -0.2) is 29.6 Å². The third kappa shape index (κ3) is 2.99. The summed E-state index contributed by atoms with van der Waals surface area (Å²) in [4.78, 5) is 11.8. The van der Waals surface area contributed by atoms with E-state index in [-0.39, 0.29) is 0 Å². The van der Waals surface area contributed by atoms with Crippen molar-refractivity contribution in [3.05, 3.63) is 11.4 Å². The number of piperidine rings is 1. The number of hydrogen-bond donors (Lipinski definition) is 1. The van der Waals surface area contributed by atoms with Gasteiger partial charge in [-0.3, -0.25) is 0 Å². The highest BCUT2D eigenvalue weighted by Crippen LogP contribution is 2.38. The van der Waals surface area contributed by atoms with Gasteiger partial charge in [-0.25, -0.2) is 9.97 Å². The zero-order valence-corrected chi connectivity index (χ0v) is 13.7. The summed E-state index contributed by atoms with van der Waals surface area (Å²) in [7, 11) is 0. The molecule has 1 N–H and O–H groups in total. The minimum absolute atomic E-state index is 0.873. The summed E-state index contributed by atoms with van der Waals surface area (Å²) in [5.74, 6) is 4.88. The van der Waals surface area contributed by atoms with E-state index in [9.17, 15) is 0 Å². The largest absolute Gasteiger partial charge is 0.370 e. The Hall–Kier alpha value is -1.32. The van der Waals surface area contributed by atoms with Gasteiger partial charge in [-0.05, 0) is 45.4 Å². The summed E-state index contributed by atoms with van der Waals surface area (Å²) >= 11 is 0. The summed E-state index contributed by atoms with van der Waals surface area (Å²) < 4.78 is 0. The van der Waals surface area contributed by atoms with Crippen LogP contribution in [0.5, 0.6) is 0 Å². The smallest absolute Gasteiger partial charge is 0.137 e. The number of anilines is 2. The number of nitrogens with zero attached hydrogens (tertiary/aromatic N) is 3. The molecule has 1 aliphatic carbocycles. The number of rotatable bonds is 3. The summed E-state index contributed by atoms with van der Waals surface area (Å²) in [6.07, 6.45) is 7.05. The maximum Gasteiger partial charge on any atom is 0.137 e. The molecule has 1 saturated heterocycles. The summed E-state index contributed by atoms with van der Waals surface area (Å²) in [5.41, 5.74) is 1.21. The third-order valence-electron chi connectivity index (χ3n) is 5.17. The van der Waals surface area contributed by atoms with Gasteiger partial charge in [0.1, 0.15) is 17.5 Å². The van der Waals surface area contributed by atoms with Gasteiger partial charge in [-0.1, -0.05) is 19.3 Å². The third-order valence-corrected chi connectivity index (χ3v) is 5.17. The van der Waals surface area contributed by atoms with Crippen LogP contribution in [0.2, 0.25) is 0 Å². The Morgan fingerprint density at radius 3 is 2.62 bits per heavy atom. The first-order valence-corrected chi connectivity index (χ1v) is 8.53. The highest BCUT2D eigenvalue weighted by molar-refractivity contribution is 5.58. The maximum absolute atomic E-state index is 4.75. The van der Waals surface area contributed by atoms with Crippen LogP contribution in [0.3, 0.4) is 0 Å². The topological polar surface area (TPSA) is 41.1 Å². The molecule has 2 fully saturated rings. The van der Waals surface area contributed by atoms with E-state index in [1.54, 1.807) is 0 Å². The molecule has 2 atom stereocenters. The molecule has 21 heavy (non-hydrogen) atoms. The lowest BCUT2D eigenvalue weighted by atomic mass is 9.75. The van der Waals surface area contributed by atoms with E-state index in [2.05, 4.69) is 29.0 Å². The van der Waals surface area contributed by atoms with Gasteiger partial charge in [0.2, 0.25) is 0 Å². The Bertz CT molecular complexity index is 500. The van der Waals surface area contributed by atoms with Crippen molar-refractivity contribution in [3.8, 4) is 0 Å². The van der Waals surface area contributed by atoms with Crippen molar-refractivity contribution in [2.45, 2.75) is 52.9 Å². The fourth-order valence-electron chi connectivity index (χ4n) is 4.05. The Morgan fingerprint density at radius 1 is 1.10 bits per heavy atom. The molecular weight excluding hydrogens is 260 g/mol. The molecule has 0 amide bonds. The predicted molar refractivity (Wildman–Crippen MR) is 87.9 cm³/mol. The zero-order chi connectivity index (χ0) is 14.8. The lowest BCUT2D eigenvalue weighted by Crippen LogP contribution is -2.42. The molecule has 4 nitrogen and oxygen atoms in total. The molecule has 0 aromatic carbocycles. The van der Waals surface area contributed by atoms with Gasteiger partial charge in [-0.15, -0.1) is 0 Å². The number of aryl methyl sites for hydroxylation is 1. The van der Waals surface area contributed by atoms with Crippen LogP contribution in [-0.2, 0) is 0 Å². The van der Waals surface area contributed by atoms with Crippen molar-refractivity contribution in [2.24, 2.45) is 11.8 Å². The fraction of sp³-hybridized carbons (Fsp3) is 0.765. The van der Waals surface area contributed by atoms with Gasteiger partial charge < -0.3 is 10.2 Å². The molecule has 3 rings (SSSR count). The van der Waals surface area contributed by atoms with E-state index in [1.807, 2.05) is 6.92 Å². The first kappa shape index (κ1) is 14.6. The second-order valence-corrected chi connectivity index (χ2v) is 6.64. The Balaban J connectivity index is 1.83. The van der Waals surface area contributed by atoms with E-state index in [1.165, 1.54) is 44.2 Å². The second kappa shape index (κ2) is 6.20. The van der Waals surface area contributed by atoms with Crippen molar-refractivity contribution >= 4 is 11.6 Å². The summed E-state index contributed by atoms with van der Waals surface area (Å²) in [5, 5.41) is 3.37. The van der Waals surface area contributed by atoms with Crippen LogP contribution in [0, 0.1) is 25.7 Å². The summed E-state index contributed by atoms with van der Waals surface area (Å²) in [6, 6.07) is 0. The van der Waals surface area contributed by atoms with Crippen LogP contribution in [0.1, 0.15) is 50.4 Å². The minimum atomic E-state index is 0.873. The van der Waals surface area contributed by atoms with Crippen molar-refractivity contribution in [3.63, 3.8) is 0 Å². The van der Waals surface area contributed by atoms with Gasteiger partial charge in [0, 0.05) is 25.2 Å². The van der Waals surface area contributed by atoms with E-state index < -0.39 is 0 Å². The first-order valence-electron chi connectivity index (χ1n) is 8.53. The molecule has 2 unspecified atom stereocenters. The van der Waals surface area contributed by atoms with E-state index >= 15 is 0 Å². The van der Waals surface area contributed by atoms with Crippen molar-refractivity contribution in [1.29, 1.82) is 0 Å². The molecule has 1 saturated carbocycles. The zero-order valence-electron chi connectivity index (χ0n) is 13.7. The Labute approximate surface area is 128 Å². The second-order valence-electron chi connectivity index (χ2n) is 6.64. The van der Waals surface area contributed by atoms with Gasteiger partial charge in [-0.2, -0.15) is 0 Å². The molecule has 2 aliphatic rings. The van der Waals surface area contributed by atoms with Crippen molar-refractivity contribution in [2.75, 3.05) is 29.9 Å². The SMILES string of the molecule is CCNc1nc(C)nc(N2CCC3CCCCC3C2)c1C. The molecule has 0 spiro atoms. The molecule has 2 heterocycles. The molecular formula is C17H28N4. The van der Waals surface area contributed by atoms with E-state index in [4.69, 9.17) is 4.98 Å². The molecule has 0 bridgehead atoms. The quantitative estimate of drug-likeness (QED) is 0.923. The maximum atomic E-state index is 4.75. The molecule has 4 heteroatoms. The van der Waals surface area contributed by atoms with Crippen LogP contribution in [0.25, 0.3) is 0 Å². The van der Waals surface area contributed by atoms with Crippen LogP contribution in [0.15, 0.2) is 0 Å². The van der Waals surface area contributed by atoms with Gasteiger partial charge in [0.05, 0.1) is 0 Å². The van der Waals surface area contributed by atoms with Gasteiger partial charge >= 0.3 is 0 Å². The molecule has 116 valence electrons. The van der Waals surface area contributed by atoms with Crippen molar-refractivity contribution in [1.82, 2.24) is 9.97 Å². The van der Waals surface area contributed by atoms with E-state index in [0.29, 0.717) is 0 Å².